The number of allylic oxidation sites excluding steroid dienone is 16. The van der Waals surface area contributed by atoms with Gasteiger partial charge in [-0.3, -0.25) is 14.4 Å². The molecule has 0 N–H and O–H groups in total. The minimum Gasteiger partial charge on any atom is -0.462 e. The molecule has 0 heterocycles. The molecule has 6 heteroatoms. The second-order valence-electron chi connectivity index (χ2n) is 22.7. The van der Waals surface area contributed by atoms with E-state index in [1.807, 2.05) is 0 Å². The van der Waals surface area contributed by atoms with Crippen molar-refractivity contribution in [3.05, 3.63) is 97.2 Å². The highest BCUT2D eigenvalue weighted by Crippen LogP contribution is 2.17. The van der Waals surface area contributed by atoms with Crippen molar-refractivity contribution >= 4 is 17.9 Å². The monoisotopic (exact) mass is 1110 g/mol. The number of ether oxygens (including phenoxy) is 3. The molecule has 0 aromatic carbocycles. The van der Waals surface area contributed by atoms with E-state index in [9.17, 15) is 14.4 Å². The van der Waals surface area contributed by atoms with E-state index in [0.717, 1.165) is 122 Å². The van der Waals surface area contributed by atoms with Crippen LogP contribution in [0.1, 0.15) is 335 Å². The van der Waals surface area contributed by atoms with E-state index in [4.69, 9.17) is 14.2 Å². The van der Waals surface area contributed by atoms with Crippen molar-refractivity contribution in [2.24, 2.45) is 0 Å². The van der Waals surface area contributed by atoms with Gasteiger partial charge in [0.05, 0.1) is 0 Å². The summed E-state index contributed by atoms with van der Waals surface area (Å²) in [5.74, 6) is -0.913. The lowest BCUT2D eigenvalue weighted by Crippen LogP contribution is -2.30. The number of unbranched alkanes of at least 4 members (excludes halogenated alkanes) is 35. The first-order chi connectivity index (χ1) is 39.5. The van der Waals surface area contributed by atoms with Crippen LogP contribution < -0.4 is 0 Å². The molecule has 0 fully saturated rings. The Morgan fingerprint density at radius 1 is 0.263 bits per heavy atom. The van der Waals surface area contributed by atoms with Gasteiger partial charge in [-0.25, -0.2) is 0 Å². The first kappa shape index (κ1) is 76.3. The Bertz CT molecular complexity index is 1560. The maximum atomic E-state index is 12.9. The summed E-state index contributed by atoms with van der Waals surface area (Å²) >= 11 is 0. The largest absolute Gasteiger partial charge is 0.462 e. The summed E-state index contributed by atoms with van der Waals surface area (Å²) in [5.41, 5.74) is 0. The second kappa shape index (κ2) is 67.8. The zero-order valence-corrected chi connectivity index (χ0v) is 52.8. The molecular weight excluding hydrogens is 985 g/mol. The highest BCUT2D eigenvalue weighted by atomic mass is 16.6. The Morgan fingerprint density at radius 3 is 0.787 bits per heavy atom. The van der Waals surface area contributed by atoms with Crippen LogP contribution in [0.2, 0.25) is 0 Å². The van der Waals surface area contributed by atoms with Gasteiger partial charge in [-0.2, -0.15) is 0 Å². The normalized spacial score (nSPS) is 12.7. The van der Waals surface area contributed by atoms with Gasteiger partial charge in [0, 0.05) is 19.3 Å². The third kappa shape index (κ3) is 65.1. The molecule has 1 atom stereocenters. The molecule has 0 saturated carbocycles. The molecule has 0 rings (SSSR count). The molecule has 0 aliphatic rings. The van der Waals surface area contributed by atoms with Crippen molar-refractivity contribution in [2.75, 3.05) is 13.2 Å². The molecule has 0 aliphatic heterocycles. The van der Waals surface area contributed by atoms with E-state index in [2.05, 4.69) is 118 Å². The number of esters is 3. The predicted molar refractivity (Wildman–Crippen MR) is 348 cm³/mol. The molecule has 1 unspecified atom stereocenters. The minimum atomic E-state index is -0.792. The zero-order valence-electron chi connectivity index (χ0n) is 52.8. The van der Waals surface area contributed by atoms with E-state index in [-0.39, 0.29) is 31.1 Å². The van der Waals surface area contributed by atoms with Crippen molar-refractivity contribution in [1.29, 1.82) is 0 Å². The van der Waals surface area contributed by atoms with Crippen LogP contribution in [0.3, 0.4) is 0 Å². The molecule has 0 amide bonds. The summed E-state index contributed by atoms with van der Waals surface area (Å²) in [7, 11) is 0. The van der Waals surface area contributed by atoms with Crippen LogP contribution in [0, 0.1) is 0 Å². The molecule has 0 spiro atoms. The molecule has 0 saturated heterocycles. The van der Waals surface area contributed by atoms with Crippen LogP contribution >= 0.6 is 0 Å². The molecule has 0 aliphatic carbocycles. The van der Waals surface area contributed by atoms with Gasteiger partial charge in [-0.1, -0.05) is 298 Å². The third-order valence-corrected chi connectivity index (χ3v) is 14.8. The fourth-order valence-corrected chi connectivity index (χ4v) is 9.74. The fourth-order valence-electron chi connectivity index (χ4n) is 9.74. The lowest BCUT2D eigenvalue weighted by molar-refractivity contribution is -0.167. The number of rotatable bonds is 62. The smallest absolute Gasteiger partial charge is 0.306 e. The highest BCUT2D eigenvalue weighted by molar-refractivity contribution is 5.71. The highest BCUT2D eigenvalue weighted by Gasteiger charge is 2.19. The van der Waals surface area contributed by atoms with Crippen LogP contribution in [-0.4, -0.2) is 37.2 Å². The molecule has 6 nitrogen and oxygen atoms in total. The Kier molecular flexibility index (Phi) is 64.7. The lowest BCUT2D eigenvalue weighted by atomic mass is 10.0. The Hall–Kier alpha value is -3.67. The van der Waals surface area contributed by atoms with E-state index in [1.54, 1.807) is 0 Å². The second-order valence-corrected chi connectivity index (χ2v) is 22.7. The summed E-state index contributed by atoms with van der Waals surface area (Å²) < 4.78 is 16.9. The van der Waals surface area contributed by atoms with Crippen LogP contribution in [0.25, 0.3) is 0 Å². The average Bonchev–Trinajstić information content (AvgIpc) is 3.46. The zero-order chi connectivity index (χ0) is 57.8. The fraction of sp³-hybridized carbons (Fsp3) is 0.743. The third-order valence-electron chi connectivity index (χ3n) is 14.8. The predicted octanol–water partition coefficient (Wildman–Crippen LogP) is 23.6. The van der Waals surface area contributed by atoms with Gasteiger partial charge in [-0.05, 0) is 116 Å². The minimum absolute atomic E-state index is 0.0864. The van der Waals surface area contributed by atoms with Crippen LogP contribution in [0.15, 0.2) is 97.2 Å². The molecule has 0 aromatic heterocycles. The van der Waals surface area contributed by atoms with Gasteiger partial charge >= 0.3 is 17.9 Å². The molecule has 460 valence electrons. The summed E-state index contributed by atoms with van der Waals surface area (Å²) in [4.78, 5) is 38.3. The number of carbonyl (C=O) groups is 3. The maximum Gasteiger partial charge on any atom is 0.306 e. The molecule has 80 heavy (non-hydrogen) atoms. The SMILES string of the molecule is CC/C=C\C/C=C\C/C=C\C/C=C\CCCCCCCCCCCCCCCCCCCCCCCCC(=O)OCC(COC(=O)CCCCC/C=C\C/C=C\C/C=C\CC)OC(=O)CCCCCCC/C=C\CCCCCCC. The average molecular weight is 1110 g/mol. The molecule has 0 radical (unpaired) electrons. The standard InChI is InChI=1S/C74H128O6/c1-4-7-10-13-16-19-22-25-27-28-29-30-31-32-33-34-35-36-37-38-39-40-41-42-43-44-45-46-47-50-52-55-58-61-64-67-73(76)79-70-71(69-78-72(75)66-63-60-57-54-51-48-24-21-18-15-12-9-6-3)80-74(77)68-65-62-59-56-53-49-26-23-20-17-14-11-8-5-2/h7,9-10,12,16,18-19,21,23,25-27,29-30,48,51,71H,4-6,8,11,13-15,17,20,22,24,28,31-47,49-50,52-70H2,1-3H3/b10-7-,12-9-,19-16-,21-18-,26-23-,27-25-,30-29-,51-48-. The van der Waals surface area contributed by atoms with Crippen LogP contribution in [0.4, 0.5) is 0 Å². The Balaban J connectivity index is 4.09. The topological polar surface area (TPSA) is 78.9 Å². The quantitative estimate of drug-likeness (QED) is 0.0261. The Morgan fingerprint density at radius 2 is 0.487 bits per heavy atom. The van der Waals surface area contributed by atoms with Crippen molar-refractivity contribution in [3.63, 3.8) is 0 Å². The first-order valence-electron chi connectivity index (χ1n) is 34.2. The van der Waals surface area contributed by atoms with Crippen molar-refractivity contribution in [2.45, 2.75) is 341 Å². The maximum absolute atomic E-state index is 12.9. The first-order valence-corrected chi connectivity index (χ1v) is 34.2. The summed E-state index contributed by atoms with van der Waals surface area (Å²) in [6, 6.07) is 0. The van der Waals surface area contributed by atoms with E-state index in [0.29, 0.717) is 19.3 Å². The summed E-state index contributed by atoms with van der Waals surface area (Å²) in [5, 5.41) is 0. The van der Waals surface area contributed by atoms with Gasteiger partial charge < -0.3 is 14.2 Å². The van der Waals surface area contributed by atoms with Gasteiger partial charge in [0.2, 0.25) is 0 Å². The van der Waals surface area contributed by atoms with Gasteiger partial charge in [0.25, 0.3) is 0 Å². The van der Waals surface area contributed by atoms with E-state index < -0.39 is 6.10 Å². The number of hydrogen-bond acceptors (Lipinski definition) is 6. The molecule has 0 bridgehead atoms. The summed E-state index contributed by atoms with van der Waals surface area (Å²) in [6.45, 7) is 6.40. The van der Waals surface area contributed by atoms with E-state index in [1.165, 1.54) is 173 Å². The van der Waals surface area contributed by atoms with Gasteiger partial charge in [-0.15, -0.1) is 0 Å². The van der Waals surface area contributed by atoms with Crippen molar-refractivity contribution in [3.8, 4) is 0 Å². The van der Waals surface area contributed by atoms with Gasteiger partial charge in [0.1, 0.15) is 13.2 Å². The van der Waals surface area contributed by atoms with E-state index >= 15 is 0 Å². The molecular formula is C74H128O6. The summed E-state index contributed by atoms with van der Waals surface area (Å²) in [6.07, 6.45) is 91.7. The Labute approximate surface area is 496 Å². The number of hydrogen-bond donors (Lipinski definition) is 0. The number of carbonyl (C=O) groups excluding carboxylic acids is 3. The molecule has 0 aromatic rings. The van der Waals surface area contributed by atoms with Gasteiger partial charge in [0.15, 0.2) is 6.10 Å². The van der Waals surface area contributed by atoms with Crippen molar-refractivity contribution in [1.82, 2.24) is 0 Å². The van der Waals surface area contributed by atoms with Crippen molar-refractivity contribution < 1.29 is 28.6 Å². The lowest BCUT2D eigenvalue weighted by Gasteiger charge is -2.18. The van der Waals surface area contributed by atoms with Crippen LogP contribution in [0.5, 0.6) is 0 Å². The van der Waals surface area contributed by atoms with Crippen LogP contribution in [-0.2, 0) is 28.6 Å².